The highest BCUT2D eigenvalue weighted by molar-refractivity contribution is 5.90. The highest BCUT2D eigenvalue weighted by Crippen LogP contribution is 2.34. The van der Waals surface area contributed by atoms with Crippen molar-refractivity contribution in [2.24, 2.45) is 0 Å². The molecule has 1 aliphatic rings. The molecule has 1 unspecified atom stereocenters. The molecule has 1 aliphatic carbocycles. The van der Waals surface area contributed by atoms with Crippen LogP contribution in [0.2, 0.25) is 0 Å². The zero-order valence-corrected chi connectivity index (χ0v) is 21.3. The molecule has 2 amide bonds. The highest BCUT2D eigenvalue weighted by Gasteiger charge is 2.35. The number of hydrogen-bond donors (Lipinski definition) is 1. The number of para-hydroxylation sites is 1. The topological polar surface area (TPSA) is 98.6 Å². The molecule has 0 spiro atoms. The number of fused-ring (bicyclic) bond motifs is 1. The van der Waals surface area contributed by atoms with Crippen LogP contribution in [0.15, 0.2) is 42.5 Å². The van der Waals surface area contributed by atoms with Crippen molar-refractivity contribution in [3.63, 3.8) is 0 Å². The van der Waals surface area contributed by atoms with E-state index in [9.17, 15) is 9.59 Å². The first-order valence-corrected chi connectivity index (χ1v) is 12.7. The van der Waals surface area contributed by atoms with E-state index in [1.165, 1.54) is 0 Å². The number of methoxy groups -OCH3 is 2. The van der Waals surface area contributed by atoms with E-state index in [0.29, 0.717) is 23.6 Å². The predicted molar refractivity (Wildman–Crippen MR) is 137 cm³/mol. The van der Waals surface area contributed by atoms with Crippen LogP contribution >= 0.6 is 0 Å². The predicted octanol–water partition coefficient (Wildman–Crippen LogP) is 3.88. The van der Waals surface area contributed by atoms with Crippen molar-refractivity contribution in [3.05, 3.63) is 48.0 Å². The Morgan fingerprint density at radius 1 is 1.14 bits per heavy atom. The van der Waals surface area contributed by atoms with Gasteiger partial charge in [0.05, 0.1) is 19.7 Å². The van der Waals surface area contributed by atoms with Crippen LogP contribution in [-0.4, -0.2) is 58.5 Å². The maximum absolute atomic E-state index is 13.9. The highest BCUT2D eigenvalue weighted by atomic mass is 16.5. The Hall–Kier alpha value is -3.62. The standard InChI is InChI=1S/C27H35N5O4/c1-4-5-16-31(25(33)18-32-23-13-9-8-12-22(23)29-30-32)26(27(34)28-19-10-6-7-11-19)21-17-20(35-2)14-15-24(21)36-3/h8-9,12-15,17,19,26H,4-7,10-11,16,18H2,1-3H3,(H,28,34). The second-order valence-electron chi connectivity index (χ2n) is 9.18. The molecule has 1 heterocycles. The van der Waals surface area contributed by atoms with Crippen LogP contribution in [0, 0.1) is 0 Å². The quantitative estimate of drug-likeness (QED) is 0.435. The molecule has 9 nitrogen and oxygen atoms in total. The second-order valence-corrected chi connectivity index (χ2v) is 9.18. The largest absolute Gasteiger partial charge is 0.497 e. The molecule has 1 atom stereocenters. The van der Waals surface area contributed by atoms with Gasteiger partial charge < -0.3 is 19.7 Å². The number of amides is 2. The number of unbranched alkanes of at least 4 members (excludes halogenated alkanes) is 1. The van der Waals surface area contributed by atoms with Crippen molar-refractivity contribution in [2.75, 3.05) is 20.8 Å². The molecular formula is C27H35N5O4. The van der Waals surface area contributed by atoms with E-state index in [2.05, 4.69) is 22.6 Å². The van der Waals surface area contributed by atoms with Crippen LogP contribution in [0.25, 0.3) is 11.0 Å². The van der Waals surface area contributed by atoms with Crippen molar-refractivity contribution in [1.82, 2.24) is 25.2 Å². The molecule has 3 aromatic rings. The smallest absolute Gasteiger partial charge is 0.247 e. The summed E-state index contributed by atoms with van der Waals surface area (Å²) in [5.74, 6) is 0.703. The zero-order valence-electron chi connectivity index (χ0n) is 21.3. The summed E-state index contributed by atoms with van der Waals surface area (Å²) < 4.78 is 12.7. The monoisotopic (exact) mass is 493 g/mol. The Morgan fingerprint density at radius 2 is 1.92 bits per heavy atom. The number of aromatic nitrogens is 3. The lowest BCUT2D eigenvalue weighted by molar-refractivity contribution is -0.142. The van der Waals surface area contributed by atoms with Gasteiger partial charge in [0, 0.05) is 18.2 Å². The molecule has 9 heteroatoms. The number of carbonyl (C=O) groups is 2. The Bertz CT molecular complexity index is 1190. The van der Waals surface area contributed by atoms with E-state index in [4.69, 9.17) is 9.47 Å². The molecule has 0 aliphatic heterocycles. The van der Waals surface area contributed by atoms with Crippen molar-refractivity contribution in [1.29, 1.82) is 0 Å². The van der Waals surface area contributed by atoms with Gasteiger partial charge in [-0.1, -0.05) is 43.5 Å². The maximum Gasteiger partial charge on any atom is 0.247 e. The van der Waals surface area contributed by atoms with E-state index in [1.54, 1.807) is 42.0 Å². The molecule has 192 valence electrons. The van der Waals surface area contributed by atoms with Crippen LogP contribution in [0.5, 0.6) is 11.5 Å². The van der Waals surface area contributed by atoms with Crippen molar-refractivity contribution in [3.8, 4) is 11.5 Å². The van der Waals surface area contributed by atoms with Gasteiger partial charge in [-0.25, -0.2) is 4.68 Å². The van der Waals surface area contributed by atoms with Gasteiger partial charge in [0.2, 0.25) is 11.8 Å². The number of ether oxygens (including phenoxy) is 2. The molecule has 0 bridgehead atoms. The summed E-state index contributed by atoms with van der Waals surface area (Å²) in [6, 6.07) is 12.1. The zero-order chi connectivity index (χ0) is 25.5. The van der Waals surface area contributed by atoms with E-state index < -0.39 is 6.04 Å². The van der Waals surface area contributed by atoms with Gasteiger partial charge in [-0.05, 0) is 49.6 Å². The van der Waals surface area contributed by atoms with Crippen LogP contribution in [0.4, 0.5) is 0 Å². The number of nitrogens with one attached hydrogen (secondary N) is 1. The molecule has 1 N–H and O–H groups in total. The van der Waals surface area contributed by atoms with E-state index in [0.717, 1.165) is 49.6 Å². The van der Waals surface area contributed by atoms with Gasteiger partial charge in [0.1, 0.15) is 29.6 Å². The molecule has 4 rings (SSSR count). The van der Waals surface area contributed by atoms with Gasteiger partial charge >= 0.3 is 0 Å². The first kappa shape index (κ1) is 25.5. The molecule has 1 fully saturated rings. The Morgan fingerprint density at radius 3 is 2.64 bits per heavy atom. The fourth-order valence-corrected chi connectivity index (χ4v) is 4.83. The van der Waals surface area contributed by atoms with Gasteiger partial charge in [-0.3, -0.25) is 9.59 Å². The van der Waals surface area contributed by atoms with E-state index in [-0.39, 0.29) is 24.4 Å². The normalized spacial score (nSPS) is 14.5. The third-order valence-corrected chi connectivity index (χ3v) is 6.77. The average Bonchev–Trinajstić information content (AvgIpc) is 3.56. The number of carbonyl (C=O) groups excluding carboxylic acids is 2. The van der Waals surface area contributed by atoms with Gasteiger partial charge in [-0.15, -0.1) is 5.10 Å². The number of rotatable bonds is 11. The van der Waals surface area contributed by atoms with Crippen molar-refractivity contribution >= 4 is 22.8 Å². The molecule has 2 aromatic carbocycles. The van der Waals surface area contributed by atoms with Gasteiger partial charge in [0.15, 0.2) is 0 Å². The Kier molecular flexibility index (Phi) is 8.40. The van der Waals surface area contributed by atoms with Crippen LogP contribution < -0.4 is 14.8 Å². The number of benzene rings is 2. The minimum absolute atomic E-state index is 0.0241. The van der Waals surface area contributed by atoms with E-state index >= 15 is 0 Å². The minimum atomic E-state index is -0.871. The van der Waals surface area contributed by atoms with E-state index in [1.807, 2.05) is 24.3 Å². The van der Waals surface area contributed by atoms with Crippen LogP contribution in [0.3, 0.4) is 0 Å². The summed E-state index contributed by atoms with van der Waals surface area (Å²) in [6.07, 6.45) is 5.71. The SMILES string of the molecule is CCCCN(C(=O)Cn1nnc2ccccc21)C(C(=O)NC1CCCC1)c1cc(OC)ccc1OC. The Labute approximate surface area is 211 Å². The fraction of sp³-hybridized carbons (Fsp3) is 0.481. The lowest BCUT2D eigenvalue weighted by Gasteiger charge is -2.33. The van der Waals surface area contributed by atoms with Crippen molar-refractivity contribution < 1.29 is 19.1 Å². The third-order valence-electron chi connectivity index (χ3n) is 6.77. The summed E-state index contributed by atoms with van der Waals surface area (Å²) in [7, 11) is 3.14. The second kappa shape index (κ2) is 11.9. The number of nitrogens with zero attached hydrogens (tertiary/aromatic N) is 4. The number of hydrogen-bond acceptors (Lipinski definition) is 6. The first-order chi connectivity index (χ1) is 17.5. The molecule has 1 aromatic heterocycles. The first-order valence-electron chi connectivity index (χ1n) is 12.7. The molecule has 0 saturated heterocycles. The Balaban J connectivity index is 1.73. The van der Waals surface area contributed by atoms with Gasteiger partial charge in [0.25, 0.3) is 0 Å². The molecule has 0 radical (unpaired) electrons. The summed E-state index contributed by atoms with van der Waals surface area (Å²) in [4.78, 5) is 29.4. The lowest BCUT2D eigenvalue weighted by Crippen LogP contribution is -2.47. The van der Waals surface area contributed by atoms with Gasteiger partial charge in [-0.2, -0.15) is 0 Å². The molecule has 1 saturated carbocycles. The fourth-order valence-electron chi connectivity index (χ4n) is 4.83. The molecule has 36 heavy (non-hydrogen) atoms. The average molecular weight is 494 g/mol. The molecular weight excluding hydrogens is 458 g/mol. The minimum Gasteiger partial charge on any atom is -0.497 e. The maximum atomic E-state index is 13.9. The summed E-state index contributed by atoms with van der Waals surface area (Å²) in [6.45, 7) is 2.46. The summed E-state index contributed by atoms with van der Waals surface area (Å²) >= 11 is 0. The lowest BCUT2D eigenvalue weighted by atomic mass is 10.0. The van der Waals surface area contributed by atoms with Crippen molar-refractivity contribution in [2.45, 2.75) is 64.1 Å². The summed E-state index contributed by atoms with van der Waals surface area (Å²) in [5.41, 5.74) is 2.09. The summed E-state index contributed by atoms with van der Waals surface area (Å²) in [5, 5.41) is 11.6. The van der Waals surface area contributed by atoms with Crippen LogP contribution in [0.1, 0.15) is 57.1 Å². The third kappa shape index (κ3) is 5.61. The van der Waals surface area contributed by atoms with Crippen LogP contribution in [-0.2, 0) is 16.1 Å².